The van der Waals surface area contributed by atoms with Crippen LogP contribution in [-0.2, 0) is 29.6 Å². The summed E-state index contributed by atoms with van der Waals surface area (Å²) in [5, 5.41) is 7.63. The number of nitrogens with zero attached hydrogens (tertiary/aromatic N) is 1. The number of hydrogen-bond donors (Lipinski definition) is 2. The molecule has 1 unspecified atom stereocenters. The summed E-state index contributed by atoms with van der Waals surface area (Å²) in [6, 6.07) is 7.64. The van der Waals surface area contributed by atoms with Crippen molar-refractivity contribution in [2.45, 2.75) is 29.7 Å². The van der Waals surface area contributed by atoms with Gasteiger partial charge in [0.2, 0.25) is 20.0 Å². The number of nitrogens with one attached hydrogen (secondary N) is 1. The normalized spacial score (nSPS) is 12.8. The number of carbonyl (C=O) groups excluding carboxylic acids is 2. The average molecular weight is 500 g/mol. The molecule has 0 heterocycles. The Labute approximate surface area is 192 Å². The standard InChI is InChI=1S/C20H25N3O8S2/c1-12-6-7-15(33(28,29)23(3)4)11-17(12)22-19(24)13(2)31-20(25)16-10-14(32(21,26)27)8-9-18(16)30-5/h6-11,13H,1-5H3,(H,22,24)(H2,21,26,27). The van der Waals surface area contributed by atoms with Crippen molar-refractivity contribution in [1.82, 2.24) is 4.31 Å². The predicted molar refractivity (Wildman–Crippen MR) is 120 cm³/mol. The summed E-state index contributed by atoms with van der Waals surface area (Å²) in [7, 11) is -3.78. The summed E-state index contributed by atoms with van der Waals surface area (Å²) >= 11 is 0. The maximum absolute atomic E-state index is 12.6. The van der Waals surface area contributed by atoms with Gasteiger partial charge in [-0.05, 0) is 49.7 Å². The summed E-state index contributed by atoms with van der Waals surface area (Å²) < 4.78 is 59.1. The Morgan fingerprint density at radius 3 is 2.18 bits per heavy atom. The largest absolute Gasteiger partial charge is 0.496 e. The topological polar surface area (TPSA) is 162 Å². The Bertz CT molecular complexity index is 1290. The van der Waals surface area contributed by atoms with E-state index in [-0.39, 0.29) is 26.8 Å². The smallest absolute Gasteiger partial charge is 0.342 e. The van der Waals surface area contributed by atoms with E-state index in [1.54, 1.807) is 6.92 Å². The zero-order chi connectivity index (χ0) is 25.1. The van der Waals surface area contributed by atoms with E-state index < -0.39 is 38.0 Å². The van der Waals surface area contributed by atoms with E-state index in [2.05, 4.69) is 5.32 Å². The number of nitrogens with two attached hydrogens (primary N) is 1. The predicted octanol–water partition coefficient (Wildman–Crippen LogP) is 1.09. The number of carbonyl (C=O) groups is 2. The molecule has 0 aliphatic rings. The van der Waals surface area contributed by atoms with E-state index in [9.17, 15) is 26.4 Å². The summed E-state index contributed by atoms with van der Waals surface area (Å²) in [4.78, 5) is 24.9. The number of hydrogen-bond acceptors (Lipinski definition) is 8. The quantitative estimate of drug-likeness (QED) is 0.510. The highest BCUT2D eigenvalue weighted by molar-refractivity contribution is 7.89. The fourth-order valence-corrected chi connectivity index (χ4v) is 4.11. The van der Waals surface area contributed by atoms with Gasteiger partial charge < -0.3 is 14.8 Å². The van der Waals surface area contributed by atoms with Crippen LogP contribution in [0.1, 0.15) is 22.8 Å². The van der Waals surface area contributed by atoms with Crippen molar-refractivity contribution in [2.24, 2.45) is 5.14 Å². The number of rotatable bonds is 8. The first kappa shape index (κ1) is 26.3. The number of benzene rings is 2. The molecule has 1 amide bonds. The van der Waals surface area contributed by atoms with Crippen LogP contribution < -0.4 is 15.2 Å². The van der Waals surface area contributed by atoms with Gasteiger partial charge in [0, 0.05) is 19.8 Å². The third-order valence-electron chi connectivity index (χ3n) is 4.62. The first-order valence-corrected chi connectivity index (χ1v) is 12.4. The fraction of sp³-hybridized carbons (Fsp3) is 0.300. The van der Waals surface area contributed by atoms with Crippen LogP contribution in [0.5, 0.6) is 5.75 Å². The number of primary sulfonamides is 1. The van der Waals surface area contributed by atoms with E-state index in [0.717, 1.165) is 10.4 Å². The number of anilines is 1. The summed E-state index contributed by atoms with van der Waals surface area (Å²) in [6.07, 6.45) is -1.31. The number of aryl methyl sites for hydroxylation is 1. The molecule has 0 radical (unpaired) electrons. The lowest BCUT2D eigenvalue weighted by molar-refractivity contribution is -0.123. The van der Waals surface area contributed by atoms with Crippen LogP contribution >= 0.6 is 0 Å². The van der Waals surface area contributed by atoms with Crippen molar-refractivity contribution < 1.29 is 35.9 Å². The molecule has 180 valence electrons. The highest BCUT2D eigenvalue weighted by atomic mass is 32.2. The third kappa shape index (κ3) is 6.07. The van der Waals surface area contributed by atoms with Gasteiger partial charge in [0.1, 0.15) is 11.3 Å². The number of methoxy groups -OCH3 is 1. The summed E-state index contributed by atoms with van der Waals surface area (Å²) in [5.74, 6) is -1.72. The van der Waals surface area contributed by atoms with Crippen LogP contribution in [0.15, 0.2) is 46.2 Å². The van der Waals surface area contributed by atoms with Crippen LogP contribution in [0.25, 0.3) is 0 Å². The Morgan fingerprint density at radius 1 is 1.03 bits per heavy atom. The van der Waals surface area contributed by atoms with Gasteiger partial charge in [-0.2, -0.15) is 0 Å². The zero-order valence-electron chi connectivity index (χ0n) is 18.6. The molecule has 33 heavy (non-hydrogen) atoms. The molecule has 0 spiro atoms. The lowest BCUT2D eigenvalue weighted by atomic mass is 10.2. The van der Waals surface area contributed by atoms with Gasteiger partial charge in [-0.3, -0.25) is 4.79 Å². The number of esters is 1. The molecule has 11 nitrogen and oxygen atoms in total. The minimum atomic E-state index is -4.09. The van der Waals surface area contributed by atoms with Crippen LogP contribution in [0, 0.1) is 6.92 Å². The van der Waals surface area contributed by atoms with Crippen molar-refractivity contribution in [2.75, 3.05) is 26.5 Å². The molecule has 0 saturated carbocycles. The molecule has 13 heteroatoms. The lowest BCUT2D eigenvalue weighted by Crippen LogP contribution is -2.30. The van der Waals surface area contributed by atoms with Crippen molar-refractivity contribution in [3.63, 3.8) is 0 Å². The second-order valence-corrected chi connectivity index (χ2v) is 10.9. The molecule has 0 bridgehead atoms. The van der Waals surface area contributed by atoms with Crippen LogP contribution in [-0.4, -0.2) is 60.3 Å². The number of amides is 1. The van der Waals surface area contributed by atoms with Crippen molar-refractivity contribution in [1.29, 1.82) is 0 Å². The molecule has 0 aromatic heterocycles. The maximum atomic E-state index is 12.6. The highest BCUT2D eigenvalue weighted by Gasteiger charge is 2.24. The van der Waals surface area contributed by atoms with Gasteiger partial charge in [-0.25, -0.2) is 31.1 Å². The molecule has 2 rings (SSSR count). The van der Waals surface area contributed by atoms with Crippen LogP contribution in [0.3, 0.4) is 0 Å². The van der Waals surface area contributed by atoms with Gasteiger partial charge >= 0.3 is 5.97 Å². The molecule has 3 N–H and O–H groups in total. The Hall–Kier alpha value is -3.00. The van der Waals surface area contributed by atoms with E-state index >= 15 is 0 Å². The zero-order valence-corrected chi connectivity index (χ0v) is 20.3. The second-order valence-electron chi connectivity index (χ2n) is 7.21. The third-order valence-corrected chi connectivity index (χ3v) is 7.34. The van der Waals surface area contributed by atoms with Gasteiger partial charge in [-0.15, -0.1) is 0 Å². The lowest BCUT2D eigenvalue weighted by Gasteiger charge is -2.17. The Balaban J connectivity index is 2.25. The van der Waals surface area contributed by atoms with Crippen LogP contribution in [0.4, 0.5) is 5.69 Å². The maximum Gasteiger partial charge on any atom is 0.342 e. The summed E-state index contributed by atoms with van der Waals surface area (Å²) in [6.45, 7) is 2.97. The molecular weight excluding hydrogens is 474 g/mol. The van der Waals surface area contributed by atoms with Gasteiger partial charge in [0.25, 0.3) is 5.91 Å². The molecule has 2 aromatic rings. The number of sulfonamides is 2. The van der Waals surface area contributed by atoms with Gasteiger partial charge in [0.15, 0.2) is 6.10 Å². The molecule has 2 aromatic carbocycles. The minimum Gasteiger partial charge on any atom is -0.496 e. The molecule has 0 aliphatic carbocycles. The first-order valence-electron chi connectivity index (χ1n) is 9.44. The van der Waals surface area contributed by atoms with E-state index in [1.807, 2.05) is 0 Å². The van der Waals surface area contributed by atoms with Gasteiger partial charge in [-0.1, -0.05) is 6.07 Å². The fourth-order valence-electron chi connectivity index (χ4n) is 2.64. The SMILES string of the molecule is COc1ccc(S(N)(=O)=O)cc1C(=O)OC(C)C(=O)Nc1cc(S(=O)(=O)N(C)C)ccc1C. The van der Waals surface area contributed by atoms with Crippen molar-refractivity contribution >= 4 is 37.6 Å². The van der Waals surface area contributed by atoms with E-state index in [1.165, 1.54) is 58.5 Å². The van der Waals surface area contributed by atoms with Crippen LogP contribution in [0.2, 0.25) is 0 Å². The molecule has 0 saturated heterocycles. The Morgan fingerprint density at radius 2 is 1.64 bits per heavy atom. The van der Waals surface area contributed by atoms with Crippen molar-refractivity contribution in [3.05, 3.63) is 47.5 Å². The summed E-state index contributed by atoms with van der Waals surface area (Å²) in [5.41, 5.74) is 0.570. The van der Waals surface area contributed by atoms with Crippen molar-refractivity contribution in [3.8, 4) is 5.75 Å². The minimum absolute atomic E-state index is 0.0254. The van der Waals surface area contributed by atoms with Gasteiger partial charge in [0.05, 0.1) is 16.9 Å². The first-order chi connectivity index (χ1) is 15.2. The second kappa shape index (κ2) is 9.87. The van der Waals surface area contributed by atoms with E-state index in [0.29, 0.717) is 5.56 Å². The molecule has 1 atom stereocenters. The average Bonchev–Trinajstić information content (AvgIpc) is 2.73. The van der Waals surface area contributed by atoms with E-state index in [4.69, 9.17) is 14.6 Å². The Kier molecular flexibility index (Phi) is 7.85. The molecular formula is C20H25N3O8S2. The monoisotopic (exact) mass is 499 g/mol. The molecule has 0 aliphatic heterocycles. The molecule has 0 fully saturated rings. The highest BCUT2D eigenvalue weighted by Crippen LogP contribution is 2.25. The number of ether oxygens (including phenoxy) is 2.